The normalized spacial score (nSPS) is 16.6. The third-order valence-corrected chi connectivity index (χ3v) is 6.89. The highest BCUT2D eigenvalue weighted by molar-refractivity contribution is 6.15. The number of ether oxygens (including phenoxy) is 5. The van der Waals surface area contributed by atoms with Crippen molar-refractivity contribution in [3.05, 3.63) is 113 Å². The van der Waals surface area contributed by atoms with Gasteiger partial charge in [0.15, 0.2) is 17.3 Å². The second-order valence-corrected chi connectivity index (χ2v) is 9.33. The molecule has 0 N–H and O–H groups in total. The zero-order valence-corrected chi connectivity index (χ0v) is 21.9. The number of ketones is 1. The second-order valence-electron chi connectivity index (χ2n) is 9.33. The number of nitrogens with zero attached hydrogens (tertiary/aromatic N) is 1. The molecule has 2 aliphatic heterocycles. The lowest BCUT2D eigenvalue weighted by Crippen LogP contribution is -2.21. The fourth-order valence-electron chi connectivity index (χ4n) is 5.03. The standard InChI is InChI=1S/C32H25NO7/c1-36-26-10-4-8-21(31(26)37-2)15-27-30(35)23-11-12-25-29(32(23)40-27)24(16-28(34)39-25)20-7-3-9-22(14-20)38-18-19-6-5-13-33-17-19/h3-15,17,24H,16,18H2,1-2H3/b27-15-/t24-/m1/s1. The van der Waals surface area contributed by atoms with Gasteiger partial charge < -0.3 is 23.7 Å². The van der Waals surface area contributed by atoms with Crippen LogP contribution in [0.25, 0.3) is 6.08 Å². The summed E-state index contributed by atoms with van der Waals surface area (Å²) in [5.41, 5.74) is 3.47. The molecule has 6 rings (SSSR count). The van der Waals surface area contributed by atoms with Gasteiger partial charge in [-0.25, -0.2) is 0 Å². The lowest BCUT2D eigenvalue weighted by atomic mass is 9.84. The molecule has 8 heteroatoms. The summed E-state index contributed by atoms with van der Waals surface area (Å²) in [6, 6.07) is 20.0. The molecule has 0 saturated carbocycles. The Morgan fingerprint density at radius 3 is 2.65 bits per heavy atom. The van der Waals surface area contributed by atoms with Crippen molar-refractivity contribution in [3.8, 4) is 28.7 Å². The van der Waals surface area contributed by atoms with E-state index in [1.165, 1.54) is 7.11 Å². The molecule has 0 spiro atoms. The van der Waals surface area contributed by atoms with Crippen LogP contribution in [-0.2, 0) is 11.4 Å². The second kappa shape index (κ2) is 10.6. The maximum Gasteiger partial charge on any atom is 0.312 e. The number of para-hydroxylation sites is 1. The molecule has 0 amide bonds. The largest absolute Gasteiger partial charge is 0.493 e. The van der Waals surface area contributed by atoms with Gasteiger partial charge in [-0.05, 0) is 48.0 Å². The van der Waals surface area contributed by atoms with Crippen molar-refractivity contribution in [2.45, 2.75) is 18.9 Å². The Kier molecular flexibility index (Phi) is 6.66. The van der Waals surface area contributed by atoms with Crippen LogP contribution in [0.3, 0.4) is 0 Å². The molecule has 0 saturated heterocycles. The van der Waals surface area contributed by atoms with E-state index in [9.17, 15) is 9.59 Å². The number of methoxy groups -OCH3 is 2. The number of pyridine rings is 1. The highest BCUT2D eigenvalue weighted by Gasteiger charge is 2.38. The minimum absolute atomic E-state index is 0.0931. The van der Waals surface area contributed by atoms with E-state index < -0.39 is 5.92 Å². The Bertz CT molecular complexity index is 1640. The molecule has 0 fully saturated rings. The number of esters is 1. The summed E-state index contributed by atoms with van der Waals surface area (Å²) in [5.74, 6) is 1.54. The fraction of sp³-hybridized carbons (Fsp3) is 0.156. The van der Waals surface area contributed by atoms with Crippen LogP contribution < -0.4 is 23.7 Å². The molecule has 3 aromatic carbocycles. The number of hydrogen-bond donors (Lipinski definition) is 0. The van der Waals surface area contributed by atoms with Gasteiger partial charge in [0.05, 0.1) is 26.2 Å². The van der Waals surface area contributed by atoms with E-state index in [0.717, 1.165) is 11.1 Å². The number of rotatable bonds is 7. The molecule has 0 radical (unpaired) electrons. The van der Waals surface area contributed by atoms with E-state index >= 15 is 0 Å². The number of hydrogen-bond acceptors (Lipinski definition) is 8. The molecule has 1 aromatic heterocycles. The van der Waals surface area contributed by atoms with E-state index in [1.54, 1.807) is 49.8 Å². The van der Waals surface area contributed by atoms with Crippen molar-refractivity contribution in [2.24, 2.45) is 0 Å². The molecule has 0 aliphatic carbocycles. The van der Waals surface area contributed by atoms with Crippen LogP contribution in [-0.4, -0.2) is 31.0 Å². The van der Waals surface area contributed by atoms with Crippen LogP contribution in [0.4, 0.5) is 0 Å². The van der Waals surface area contributed by atoms with Crippen LogP contribution >= 0.6 is 0 Å². The number of Topliss-reactive ketones (excluding diaryl/α,β-unsaturated/α-hetero) is 1. The van der Waals surface area contributed by atoms with Crippen molar-refractivity contribution in [2.75, 3.05) is 14.2 Å². The van der Waals surface area contributed by atoms with Crippen molar-refractivity contribution >= 4 is 17.8 Å². The van der Waals surface area contributed by atoms with Crippen molar-refractivity contribution in [1.82, 2.24) is 4.98 Å². The Labute approximate surface area is 230 Å². The zero-order chi connectivity index (χ0) is 27.6. The number of benzene rings is 3. The van der Waals surface area contributed by atoms with Gasteiger partial charge in [0.25, 0.3) is 0 Å². The Morgan fingerprint density at radius 2 is 1.85 bits per heavy atom. The van der Waals surface area contributed by atoms with Crippen LogP contribution in [0.15, 0.2) is 84.9 Å². The van der Waals surface area contributed by atoms with E-state index in [-0.39, 0.29) is 23.9 Å². The SMILES string of the molecule is COc1cccc(/C=C2\Oc3c(ccc4c3[C@@H](c3cccc(OCc5cccnc5)c3)CC(=O)O4)C2=O)c1OC. The Balaban J connectivity index is 1.36. The highest BCUT2D eigenvalue weighted by Crippen LogP contribution is 2.49. The van der Waals surface area contributed by atoms with Gasteiger partial charge >= 0.3 is 5.97 Å². The monoisotopic (exact) mass is 535 g/mol. The maximum atomic E-state index is 13.4. The van der Waals surface area contributed by atoms with Gasteiger partial charge in [0.1, 0.15) is 23.9 Å². The minimum atomic E-state index is -0.397. The van der Waals surface area contributed by atoms with Crippen molar-refractivity contribution < 1.29 is 33.3 Å². The Morgan fingerprint density at radius 1 is 0.975 bits per heavy atom. The summed E-state index contributed by atoms with van der Waals surface area (Å²) < 4.78 is 28.7. The summed E-state index contributed by atoms with van der Waals surface area (Å²) in [5, 5.41) is 0. The average Bonchev–Trinajstić information content (AvgIpc) is 3.30. The first kappa shape index (κ1) is 25.2. The van der Waals surface area contributed by atoms with E-state index in [1.807, 2.05) is 42.5 Å². The third kappa shape index (κ3) is 4.64. The number of carbonyl (C=O) groups is 2. The van der Waals surface area contributed by atoms with Gasteiger partial charge in [-0.15, -0.1) is 0 Å². The lowest BCUT2D eigenvalue weighted by Gasteiger charge is -2.26. The molecule has 40 heavy (non-hydrogen) atoms. The molecule has 4 aromatic rings. The maximum absolute atomic E-state index is 13.4. The van der Waals surface area contributed by atoms with E-state index in [0.29, 0.717) is 52.0 Å². The van der Waals surface area contributed by atoms with Crippen molar-refractivity contribution in [3.63, 3.8) is 0 Å². The summed E-state index contributed by atoms with van der Waals surface area (Å²) in [6.45, 7) is 0.357. The summed E-state index contributed by atoms with van der Waals surface area (Å²) >= 11 is 0. The number of carbonyl (C=O) groups excluding carboxylic acids is 2. The summed E-state index contributed by atoms with van der Waals surface area (Å²) in [6.07, 6.45) is 5.19. The molecule has 0 bridgehead atoms. The topological polar surface area (TPSA) is 93.2 Å². The molecule has 0 unspecified atom stereocenters. The number of allylic oxidation sites excluding steroid dienone is 1. The first-order valence-electron chi connectivity index (χ1n) is 12.7. The van der Waals surface area contributed by atoms with Gasteiger partial charge in [-0.2, -0.15) is 0 Å². The van der Waals surface area contributed by atoms with Gasteiger partial charge in [0.2, 0.25) is 5.78 Å². The molecule has 200 valence electrons. The molecule has 8 nitrogen and oxygen atoms in total. The molecular formula is C32H25NO7. The summed E-state index contributed by atoms with van der Waals surface area (Å²) in [4.78, 5) is 30.1. The van der Waals surface area contributed by atoms with Gasteiger partial charge in [-0.3, -0.25) is 14.6 Å². The molecule has 2 aliphatic rings. The smallest absolute Gasteiger partial charge is 0.312 e. The van der Waals surface area contributed by atoms with Crippen molar-refractivity contribution in [1.29, 1.82) is 0 Å². The Hall–Kier alpha value is -5.11. The first-order chi connectivity index (χ1) is 19.6. The average molecular weight is 536 g/mol. The molecular weight excluding hydrogens is 510 g/mol. The van der Waals surface area contributed by atoms with E-state index in [4.69, 9.17) is 23.7 Å². The highest BCUT2D eigenvalue weighted by atomic mass is 16.5. The first-order valence-corrected chi connectivity index (χ1v) is 12.7. The number of aromatic nitrogens is 1. The minimum Gasteiger partial charge on any atom is -0.493 e. The van der Waals surface area contributed by atoms with Gasteiger partial charge in [0, 0.05) is 35.0 Å². The third-order valence-electron chi connectivity index (χ3n) is 6.89. The lowest BCUT2D eigenvalue weighted by molar-refractivity contribution is -0.135. The van der Waals surface area contributed by atoms with Gasteiger partial charge in [-0.1, -0.05) is 30.3 Å². The number of fused-ring (bicyclic) bond motifs is 3. The fourth-order valence-corrected chi connectivity index (χ4v) is 5.03. The molecule has 3 heterocycles. The van der Waals surface area contributed by atoms with Crippen LogP contribution in [0.5, 0.6) is 28.7 Å². The predicted molar refractivity (Wildman–Crippen MR) is 146 cm³/mol. The summed E-state index contributed by atoms with van der Waals surface area (Å²) in [7, 11) is 3.09. The quantitative estimate of drug-likeness (QED) is 0.168. The van der Waals surface area contributed by atoms with Crippen LogP contribution in [0.1, 0.15) is 45.0 Å². The van der Waals surface area contributed by atoms with Crippen LogP contribution in [0.2, 0.25) is 0 Å². The zero-order valence-electron chi connectivity index (χ0n) is 21.9. The predicted octanol–water partition coefficient (Wildman–Crippen LogP) is 5.74. The molecule has 1 atom stereocenters. The van der Waals surface area contributed by atoms with Crippen LogP contribution in [0, 0.1) is 0 Å². The van der Waals surface area contributed by atoms with E-state index in [2.05, 4.69) is 4.98 Å².